The minimum atomic E-state index is -0.790. The van der Waals surface area contributed by atoms with E-state index in [1.165, 1.54) is 0 Å². The van der Waals surface area contributed by atoms with Crippen LogP contribution in [0.25, 0.3) is 10.9 Å². The summed E-state index contributed by atoms with van der Waals surface area (Å²) in [6, 6.07) is 7.75. The largest absolute Gasteiger partial charge is 0.496 e. The number of nitrogens with one attached hydrogen (secondary N) is 4. The van der Waals surface area contributed by atoms with Gasteiger partial charge in [0.2, 0.25) is 11.8 Å². The van der Waals surface area contributed by atoms with Crippen LogP contribution in [0.15, 0.2) is 24.3 Å². The first-order valence-corrected chi connectivity index (χ1v) is 11.4. The number of nitriles is 1. The van der Waals surface area contributed by atoms with Crippen LogP contribution in [-0.2, 0) is 9.59 Å². The number of amides is 3. The molecule has 0 unspecified atom stereocenters. The lowest BCUT2D eigenvalue weighted by molar-refractivity contribution is -0.128. The highest BCUT2D eigenvalue weighted by Crippen LogP contribution is 2.34. The van der Waals surface area contributed by atoms with Gasteiger partial charge in [-0.3, -0.25) is 14.4 Å². The minimum absolute atomic E-state index is 0.0761. The zero-order valence-corrected chi connectivity index (χ0v) is 18.6. The summed E-state index contributed by atoms with van der Waals surface area (Å²) in [7, 11) is 1.57. The summed E-state index contributed by atoms with van der Waals surface area (Å²) in [5.74, 6) is -0.123. The van der Waals surface area contributed by atoms with Gasteiger partial charge in [0.1, 0.15) is 23.5 Å². The van der Waals surface area contributed by atoms with Crippen molar-refractivity contribution in [2.24, 2.45) is 11.8 Å². The molecule has 1 aliphatic heterocycles. The third kappa shape index (κ3) is 5.45. The second kappa shape index (κ2) is 9.94. The Labute approximate surface area is 192 Å². The van der Waals surface area contributed by atoms with Gasteiger partial charge in [-0.1, -0.05) is 18.9 Å². The van der Waals surface area contributed by atoms with Crippen LogP contribution in [0.4, 0.5) is 0 Å². The van der Waals surface area contributed by atoms with E-state index in [0.717, 1.165) is 30.2 Å². The first-order chi connectivity index (χ1) is 16.0. The van der Waals surface area contributed by atoms with Gasteiger partial charge in [-0.05, 0) is 49.8 Å². The van der Waals surface area contributed by atoms with Crippen LogP contribution in [-0.4, -0.2) is 48.4 Å². The summed E-state index contributed by atoms with van der Waals surface area (Å²) in [6.07, 6.45) is 4.38. The van der Waals surface area contributed by atoms with Crippen molar-refractivity contribution in [3.8, 4) is 11.8 Å². The summed E-state index contributed by atoms with van der Waals surface area (Å²) in [5.41, 5.74) is 1.09. The van der Waals surface area contributed by atoms with Crippen molar-refractivity contribution in [3.05, 3.63) is 30.0 Å². The number of aromatic nitrogens is 1. The molecular formula is C24H29N5O4. The van der Waals surface area contributed by atoms with Gasteiger partial charge in [0.15, 0.2) is 0 Å². The molecule has 33 heavy (non-hydrogen) atoms. The highest BCUT2D eigenvalue weighted by atomic mass is 16.5. The van der Waals surface area contributed by atoms with Crippen LogP contribution in [0.2, 0.25) is 0 Å². The Bertz CT molecular complexity index is 1080. The predicted molar refractivity (Wildman–Crippen MR) is 121 cm³/mol. The fraction of sp³-hybridized carbons (Fsp3) is 0.500. The van der Waals surface area contributed by atoms with Crippen molar-refractivity contribution in [2.45, 2.75) is 50.6 Å². The predicted octanol–water partition coefficient (Wildman–Crippen LogP) is 2.00. The molecular weight excluding hydrogens is 422 g/mol. The third-order valence-corrected chi connectivity index (χ3v) is 6.37. The second-order valence-corrected chi connectivity index (χ2v) is 8.87. The standard InChI is InChI=1S/C24H29N5O4/c1-33-21-6-2-5-18-17(21)12-20(28-18)24(32)29-19(10-14-7-8-14)23(31)27-16(13-25)11-15-4-3-9-26-22(15)30/h2,5-6,12,14-16,19,28H,3-4,7-11H2,1H3,(H,26,30)(H,27,31)(H,29,32)/t15-,16-,19+/m0/s1. The van der Waals surface area contributed by atoms with E-state index in [1.807, 2.05) is 18.2 Å². The molecule has 1 saturated carbocycles. The zero-order chi connectivity index (χ0) is 23.4. The van der Waals surface area contributed by atoms with Crippen molar-refractivity contribution < 1.29 is 19.1 Å². The van der Waals surface area contributed by atoms with Gasteiger partial charge >= 0.3 is 0 Å². The number of carbonyl (C=O) groups excluding carboxylic acids is 3. The Hall–Kier alpha value is -3.54. The lowest BCUT2D eigenvalue weighted by Gasteiger charge is -2.25. The topological polar surface area (TPSA) is 136 Å². The average molecular weight is 452 g/mol. The highest BCUT2D eigenvalue weighted by molar-refractivity contribution is 6.01. The zero-order valence-electron chi connectivity index (χ0n) is 18.6. The maximum atomic E-state index is 13.0. The smallest absolute Gasteiger partial charge is 0.268 e. The molecule has 0 spiro atoms. The molecule has 3 amide bonds. The molecule has 1 aliphatic carbocycles. The van der Waals surface area contributed by atoms with Crippen molar-refractivity contribution in [1.29, 1.82) is 5.26 Å². The first-order valence-electron chi connectivity index (χ1n) is 11.4. The second-order valence-electron chi connectivity index (χ2n) is 8.87. The van der Waals surface area contributed by atoms with E-state index in [1.54, 1.807) is 13.2 Å². The normalized spacial score (nSPS) is 19.8. The number of rotatable bonds is 9. The Morgan fingerprint density at radius 2 is 2.06 bits per heavy atom. The van der Waals surface area contributed by atoms with Crippen LogP contribution >= 0.6 is 0 Å². The Balaban J connectivity index is 1.43. The molecule has 2 heterocycles. The number of nitrogens with zero attached hydrogens (tertiary/aromatic N) is 1. The van der Waals surface area contributed by atoms with Gasteiger partial charge in [-0.2, -0.15) is 5.26 Å². The molecule has 2 aliphatic rings. The SMILES string of the molecule is COc1cccc2[nH]c(C(=O)N[C@H](CC3CC3)C(=O)N[C@H](C#N)C[C@@H]3CCCNC3=O)cc12. The van der Waals surface area contributed by atoms with Gasteiger partial charge < -0.3 is 25.7 Å². The molecule has 174 valence electrons. The van der Waals surface area contributed by atoms with E-state index >= 15 is 0 Å². The fourth-order valence-electron chi connectivity index (χ4n) is 4.34. The van der Waals surface area contributed by atoms with Crippen LogP contribution < -0.4 is 20.7 Å². The van der Waals surface area contributed by atoms with Gasteiger partial charge in [0.25, 0.3) is 5.91 Å². The van der Waals surface area contributed by atoms with Crippen molar-refractivity contribution in [2.75, 3.05) is 13.7 Å². The number of methoxy groups -OCH3 is 1. The first kappa shape index (κ1) is 22.6. The molecule has 3 atom stereocenters. The molecule has 1 saturated heterocycles. The van der Waals surface area contributed by atoms with E-state index in [9.17, 15) is 19.6 Å². The van der Waals surface area contributed by atoms with Gasteiger partial charge in [-0.15, -0.1) is 0 Å². The number of aromatic amines is 1. The van der Waals surface area contributed by atoms with E-state index in [0.29, 0.717) is 36.7 Å². The highest BCUT2D eigenvalue weighted by Gasteiger charge is 2.33. The number of piperidine rings is 1. The molecule has 4 rings (SSSR count). The molecule has 0 bridgehead atoms. The summed E-state index contributed by atoms with van der Waals surface area (Å²) in [6.45, 7) is 0.647. The van der Waals surface area contributed by atoms with E-state index < -0.39 is 23.9 Å². The maximum absolute atomic E-state index is 13.0. The number of ether oxygens (including phenoxy) is 1. The minimum Gasteiger partial charge on any atom is -0.496 e. The van der Waals surface area contributed by atoms with Gasteiger partial charge in [0, 0.05) is 23.4 Å². The Morgan fingerprint density at radius 1 is 1.24 bits per heavy atom. The molecule has 4 N–H and O–H groups in total. The molecule has 9 nitrogen and oxygen atoms in total. The van der Waals surface area contributed by atoms with E-state index in [-0.39, 0.29) is 18.2 Å². The third-order valence-electron chi connectivity index (χ3n) is 6.37. The molecule has 2 fully saturated rings. The number of H-pyrrole nitrogens is 1. The average Bonchev–Trinajstić information content (AvgIpc) is 3.53. The number of carbonyl (C=O) groups is 3. The summed E-state index contributed by atoms with van der Waals surface area (Å²) < 4.78 is 5.35. The van der Waals surface area contributed by atoms with E-state index in [4.69, 9.17) is 4.74 Å². The quantitative estimate of drug-likeness (QED) is 0.462. The molecule has 0 radical (unpaired) electrons. The lowest BCUT2D eigenvalue weighted by Crippen LogP contribution is -2.50. The fourth-order valence-corrected chi connectivity index (χ4v) is 4.34. The summed E-state index contributed by atoms with van der Waals surface area (Å²) in [4.78, 5) is 41.1. The summed E-state index contributed by atoms with van der Waals surface area (Å²) in [5, 5.41) is 18.7. The van der Waals surface area contributed by atoms with Crippen molar-refractivity contribution >= 4 is 28.6 Å². The van der Waals surface area contributed by atoms with Gasteiger partial charge in [0.05, 0.1) is 13.2 Å². The van der Waals surface area contributed by atoms with Crippen molar-refractivity contribution in [3.63, 3.8) is 0 Å². The van der Waals surface area contributed by atoms with Gasteiger partial charge in [-0.25, -0.2) is 0 Å². The van der Waals surface area contributed by atoms with Crippen molar-refractivity contribution in [1.82, 2.24) is 20.9 Å². The van der Waals surface area contributed by atoms with Crippen LogP contribution in [0.5, 0.6) is 5.75 Å². The molecule has 2 aromatic rings. The number of fused-ring (bicyclic) bond motifs is 1. The lowest BCUT2D eigenvalue weighted by atomic mass is 9.92. The van der Waals surface area contributed by atoms with Crippen LogP contribution in [0.1, 0.15) is 49.0 Å². The van der Waals surface area contributed by atoms with Crippen LogP contribution in [0.3, 0.4) is 0 Å². The number of benzene rings is 1. The molecule has 9 heteroatoms. The number of hydrogen-bond acceptors (Lipinski definition) is 5. The summed E-state index contributed by atoms with van der Waals surface area (Å²) >= 11 is 0. The monoisotopic (exact) mass is 451 g/mol. The molecule has 1 aromatic heterocycles. The Morgan fingerprint density at radius 3 is 2.76 bits per heavy atom. The maximum Gasteiger partial charge on any atom is 0.268 e. The number of hydrogen-bond donors (Lipinski definition) is 4. The molecule has 1 aromatic carbocycles. The van der Waals surface area contributed by atoms with Crippen LogP contribution in [0, 0.1) is 23.2 Å². The Kier molecular flexibility index (Phi) is 6.82. The van der Waals surface area contributed by atoms with E-state index in [2.05, 4.69) is 27.0 Å².